The normalized spacial score (nSPS) is 15.5. The van der Waals surface area contributed by atoms with Crippen molar-refractivity contribution in [3.63, 3.8) is 0 Å². The number of fused-ring (bicyclic) bond motifs is 10. The Morgan fingerprint density at radius 3 is 0.923 bits per heavy atom. The van der Waals surface area contributed by atoms with Gasteiger partial charge in [-0.2, -0.15) is 0 Å². The van der Waals surface area contributed by atoms with Crippen molar-refractivity contribution in [3.8, 4) is 22.3 Å². The van der Waals surface area contributed by atoms with Gasteiger partial charge in [-0.15, -0.1) is 0 Å². The molecule has 0 atom stereocenters. The van der Waals surface area contributed by atoms with E-state index in [1.807, 2.05) is 0 Å². The number of rotatable bonds is 2. The van der Waals surface area contributed by atoms with Gasteiger partial charge in [0.1, 0.15) is 0 Å². The average Bonchev–Trinajstić information content (AvgIpc) is 3.17. The van der Waals surface area contributed by atoms with E-state index in [0.29, 0.717) is 0 Å². The second kappa shape index (κ2) is 10.2. The summed E-state index contributed by atoms with van der Waals surface area (Å²) < 4.78 is 0. The fourth-order valence-electron chi connectivity index (χ4n) is 9.57. The van der Waals surface area contributed by atoms with Crippen LogP contribution in [0.15, 0.2) is 158 Å². The number of nitrogens with zero attached hydrogens (tertiary/aromatic N) is 2. The molecule has 2 aliphatic heterocycles. The number of hydrogen-bond acceptors (Lipinski definition) is 2. The lowest BCUT2D eigenvalue weighted by Gasteiger charge is -2.42. The third-order valence-electron chi connectivity index (χ3n) is 12.3. The molecule has 2 heteroatoms. The van der Waals surface area contributed by atoms with E-state index < -0.39 is 0 Å². The van der Waals surface area contributed by atoms with Crippen molar-refractivity contribution in [1.82, 2.24) is 0 Å². The molecule has 0 spiro atoms. The number of benzene rings is 8. The van der Waals surface area contributed by atoms with Gasteiger partial charge in [-0.1, -0.05) is 113 Å². The maximum absolute atomic E-state index is 2.45. The summed E-state index contributed by atoms with van der Waals surface area (Å²) in [4.78, 5) is 4.91. The molecule has 11 rings (SSSR count). The molecule has 0 aromatic heterocycles. The largest absolute Gasteiger partial charge is 0.310 e. The molecule has 0 saturated heterocycles. The van der Waals surface area contributed by atoms with Crippen LogP contribution in [0.5, 0.6) is 0 Å². The van der Waals surface area contributed by atoms with Crippen LogP contribution >= 0.6 is 0 Å². The van der Waals surface area contributed by atoms with Crippen LogP contribution in [0.2, 0.25) is 0 Å². The maximum atomic E-state index is 2.45. The van der Waals surface area contributed by atoms with E-state index in [1.54, 1.807) is 0 Å². The van der Waals surface area contributed by atoms with Gasteiger partial charge in [-0.25, -0.2) is 0 Å². The minimum atomic E-state index is -0.0762. The average molecular weight is 667 g/mol. The highest BCUT2D eigenvalue weighted by atomic mass is 15.2. The molecule has 0 fully saturated rings. The minimum Gasteiger partial charge on any atom is -0.310 e. The lowest BCUT2D eigenvalue weighted by Crippen LogP contribution is -2.30. The van der Waals surface area contributed by atoms with Crippen molar-refractivity contribution in [3.05, 3.63) is 180 Å². The predicted molar refractivity (Wildman–Crippen MR) is 220 cm³/mol. The lowest BCUT2D eigenvalue weighted by atomic mass is 9.73. The highest BCUT2D eigenvalue weighted by Crippen LogP contribution is 2.55. The first-order chi connectivity index (χ1) is 25.3. The summed E-state index contributed by atoms with van der Waals surface area (Å²) >= 11 is 0. The fraction of sp³-hybridized carbons (Fsp3) is 0.120. The zero-order valence-corrected chi connectivity index (χ0v) is 29.9. The number of anilines is 6. The Bertz CT molecular complexity index is 2530. The Labute approximate surface area is 305 Å². The van der Waals surface area contributed by atoms with Crippen molar-refractivity contribution in [2.24, 2.45) is 0 Å². The van der Waals surface area contributed by atoms with Crippen molar-refractivity contribution in [2.45, 2.75) is 38.5 Å². The highest BCUT2D eigenvalue weighted by molar-refractivity contribution is 6.12. The van der Waals surface area contributed by atoms with E-state index in [2.05, 4.69) is 195 Å². The van der Waals surface area contributed by atoms with Crippen molar-refractivity contribution in [2.75, 3.05) is 9.80 Å². The Balaban J connectivity index is 1.02. The Kier molecular flexibility index (Phi) is 5.83. The van der Waals surface area contributed by atoms with Gasteiger partial charge in [-0.05, 0) is 139 Å². The fourth-order valence-corrected chi connectivity index (χ4v) is 9.57. The third-order valence-corrected chi connectivity index (χ3v) is 12.3. The summed E-state index contributed by atoms with van der Waals surface area (Å²) in [6.45, 7) is 9.38. The zero-order valence-electron chi connectivity index (χ0n) is 29.9. The molecular weight excluding hydrogens is 629 g/mol. The SMILES string of the molecule is CC1(C)c2ccccc2N(c2ccc3cc4c(cc3c2)-c2cc3cc(N5c6ccccc6C(C)(C)c6ccccc65)ccc3cc2-4)c2ccccc21. The molecule has 2 nitrogen and oxygen atoms in total. The van der Waals surface area contributed by atoms with Crippen LogP contribution in [0.3, 0.4) is 0 Å². The summed E-state index contributed by atoms with van der Waals surface area (Å²) in [5.74, 6) is 0. The van der Waals surface area contributed by atoms with Crippen molar-refractivity contribution in [1.29, 1.82) is 0 Å². The molecule has 8 aromatic rings. The van der Waals surface area contributed by atoms with Gasteiger partial charge in [-0.3, -0.25) is 0 Å². The van der Waals surface area contributed by atoms with Gasteiger partial charge < -0.3 is 9.80 Å². The van der Waals surface area contributed by atoms with Gasteiger partial charge in [0.15, 0.2) is 0 Å². The molecule has 0 unspecified atom stereocenters. The van der Waals surface area contributed by atoms with Crippen LogP contribution in [0.25, 0.3) is 43.8 Å². The van der Waals surface area contributed by atoms with Gasteiger partial charge in [0.25, 0.3) is 0 Å². The highest BCUT2D eigenvalue weighted by Gasteiger charge is 2.38. The van der Waals surface area contributed by atoms with E-state index >= 15 is 0 Å². The van der Waals surface area contributed by atoms with E-state index in [1.165, 1.54) is 100 Å². The number of hydrogen-bond donors (Lipinski definition) is 0. The molecule has 3 aliphatic rings. The molecule has 248 valence electrons. The zero-order chi connectivity index (χ0) is 34.9. The standard InChI is InChI=1S/C50H38N2/c1-49(2)41-13-5-9-17-45(41)51(46-18-10-6-14-42(46)49)35-23-21-31-27-37-38-28-32-22-24-36(26-34(32)30-40(38)39(37)29-33(31)25-35)52-47-19-11-7-15-43(47)50(3,4)44-16-8-12-20-48(44)52/h5-30H,1-4H3. The summed E-state index contributed by atoms with van der Waals surface area (Å²) in [6.07, 6.45) is 0. The van der Waals surface area contributed by atoms with E-state index in [0.717, 1.165) is 0 Å². The minimum absolute atomic E-state index is 0.0762. The van der Waals surface area contributed by atoms with Crippen LogP contribution in [-0.4, -0.2) is 0 Å². The second-order valence-electron chi connectivity index (χ2n) is 15.8. The molecule has 0 amide bonds. The molecule has 8 aromatic carbocycles. The molecule has 0 bridgehead atoms. The first-order valence-corrected chi connectivity index (χ1v) is 18.4. The maximum Gasteiger partial charge on any atom is 0.0502 e. The molecule has 1 aliphatic carbocycles. The quantitative estimate of drug-likeness (QED) is 0.181. The Morgan fingerprint density at radius 1 is 0.308 bits per heavy atom. The van der Waals surface area contributed by atoms with Gasteiger partial charge in [0.05, 0.1) is 22.7 Å². The topological polar surface area (TPSA) is 6.48 Å². The van der Waals surface area contributed by atoms with Gasteiger partial charge in [0, 0.05) is 22.2 Å². The number of para-hydroxylation sites is 4. The summed E-state index contributed by atoms with van der Waals surface area (Å²) in [5.41, 5.74) is 18.0. The third kappa shape index (κ3) is 3.90. The lowest BCUT2D eigenvalue weighted by molar-refractivity contribution is 0.632. The molecule has 0 radical (unpaired) electrons. The second-order valence-corrected chi connectivity index (χ2v) is 15.8. The predicted octanol–water partition coefficient (Wildman–Crippen LogP) is 13.9. The molecular formula is C50H38N2. The first kappa shape index (κ1) is 29.6. The molecule has 0 saturated carbocycles. The van der Waals surface area contributed by atoms with E-state index in [-0.39, 0.29) is 10.8 Å². The summed E-state index contributed by atoms with van der Waals surface area (Å²) in [5, 5.41) is 5.07. The van der Waals surface area contributed by atoms with Gasteiger partial charge in [0.2, 0.25) is 0 Å². The Hall–Kier alpha value is -6.12. The van der Waals surface area contributed by atoms with E-state index in [4.69, 9.17) is 0 Å². The Morgan fingerprint density at radius 2 is 0.596 bits per heavy atom. The van der Waals surface area contributed by atoms with E-state index in [9.17, 15) is 0 Å². The van der Waals surface area contributed by atoms with Crippen molar-refractivity contribution >= 4 is 55.7 Å². The summed E-state index contributed by atoms with van der Waals surface area (Å²) in [7, 11) is 0. The monoisotopic (exact) mass is 666 g/mol. The van der Waals surface area contributed by atoms with Crippen LogP contribution in [0.4, 0.5) is 34.1 Å². The van der Waals surface area contributed by atoms with Gasteiger partial charge >= 0.3 is 0 Å². The van der Waals surface area contributed by atoms with Crippen LogP contribution in [0, 0.1) is 0 Å². The molecule has 52 heavy (non-hydrogen) atoms. The van der Waals surface area contributed by atoms with Crippen LogP contribution < -0.4 is 9.80 Å². The molecule has 2 heterocycles. The van der Waals surface area contributed by atoms with Crippen LogP contribution in [-0.2, 0) is 10.8 Å². The van der Waals surface area contributed by atoms with Crippen LogP contribution in [0.1, 0.15) is 49.9 Å². The first-order valence-electron chi connectivity index (χ1n) is 18.4. The summed E-state index contributed by atoms with van der Waals surface area (Å²) in [6, 6.07) is 59.1. The molecule has 0 N–H and O–H groups in total. The van der Waals surface area contributed by atoms with Crippen molar-refractivity contribution < 1.29 is 0 Å². The smallest absolute Gasteiger partial charge is 0.0502 e.